The van der Waals surface area contributed by atoms with Gasteiger partial charge in [-0.05, 0) is 68.0 Å². The molecule has 0 spiro atoms. The molecule has 8 heteroatoms. The highest BCUT2D eigenvalue weighted by atomic mass is 16.5. The van der Waals surface area contributed by atoms with Crippen LogP contribution in [0.2, 0.25) is 0 Å². The number of nitrogens with two attached hydrogens (primary N) is 1. The van der Waals surface area contributed by atoms with Crippen LogP contribution < -0.4 is 15.8 Å². The number of likely N-dealkylation sites (tertiary alicyclic amines) is 1. The molecule has 1 saturated heterocycles. The number of hydrogen-bond acceptors (Lipinski definition) is 7. The van der Waals surface area contributed by atoms with E-state index >= 15 is 0 Å². The minimum absolute atomic E-state index is 0.0847. The second kappa shape index (κ2) is 13.3. The van der Waals surface area contributed by atoms with Crippen LogP contribution in [-0.4, -0.2) is 60.3 Å². The van der Waals surface area contributed by atoms with Crippen LogP contribution in [0.5, 0.6) is 5.75 Å². The van der Waals surface area contributed by atoms with E-state index in [0.717, 1.165) is 45.3 Å². The molecule has 2 aliphatic rings. The van der Waals surface area contributed by atoms with Crippen molar-refractivity contribution >= 4 is 11.9 Å². The Labute approximate surface area is 241 Å². The van der Waals surface area contributed by atoms with E-state index in [4.69, 9.17) is 15.2 Å². The Kier molecular flexibility index (Phi) is 9.34. The van der Waals surface area contributed by atoms with Gasteiger partial charge in [0.2, 0.25) is 5.60 Å². The third-order valence-electron chi connectivity index (χ3n) is 8.05. The van der Waals surface area contributed by atoms with E-state index in [2.05, 4.69) is 34.5 Å². The number of aliphatic hydroxyl groups is 1. The molecule has 0 bridgehead atoms. The number of ether oxygens (including phenoxy) is 2. The molecule has 1 aliphatic carbocycles. The molecule has 4 N–H and O–H groups in total. The molecule has 41 heavy (non-hydrogen) atoms. The first-order valence-corrected chi connectivity index (χ1v) is 14.4. The van der Waals surface area contributed by atoms with Crippen molar-refractivity contribution in [3.05, 3.63) is 102 Å². The van der Waals surface area contributed by atoms with Crippen molar-refractivity contribution in [2.24, 2.45) is 11.7 Å². The van der Waals surface area contributed by atoms with Crippen molar-refractivity contribution in [1.82, 2.24) is 10.2 Å². The second-order valence-electron chi connectivity index (χ2n) is 11.2. The number of hydrogen-bond donors (Lipinski definition) is 3. The lowest BCUT2D eigenvalue weighted by Crippen LogP contribution is -2.51. The van der Waals surface area contributed by atoms with Gasteiger partial charge in [-0.2, -0.15) is 0 Å². The van der Waals surface area contributed by atoms with Gasteiger partial charge in [-0.1, -0.05) is 72.8 Å². The maximum atomic E-state index is 13.6. The summed E-state index contributed by atoms with van der Waals surface area (Å²) in [5, 5.41) is 14.8. The van der Waals surface area contributed by atoms with Gasteiger partial charge in [-0.15, -0.1) is 0 Å². The third kappa shape index (κ3) is 7.33. The predicted molar refractivity (Wildman–Crippen MR) is 156 cm³/mol. The molecule has 3 aromatic rings. The fourth-order valence-electron chi connectivity index (χ4n) is 5.54. The summed E-state index contributed by atoms with van der Waals surface area (Å²) in [5.41, 5.74) is 5.77. The Morgan fingerprint density at radius 2 is 1.59 bits per heavy atom. The van der Waals surface area contributed by atoms with Crippen LogP contribution in [0.25, 0.3) is 0 Å². The number of carbonyl (C=O) groups excluding carboxylic acids is 2. The lowest BCUT2D eigenvalue weighted by atomic mass is 9.86. The van der Waals surface area contributed by atoms with E-state index in [0.29, 0.717) is 16.9 Å². The fraction of sp³-hybridized carbons (Fsp3) is 0.394. The van der Waals surface area contributed by atoms with Crippen LogP contribution in [-0.2, 0) is 26.5 Å². The summed E-state index contributed by atoms with van der Waals surface area (Å²) >= 11 is 0. The first kappa shape index (κ1) is 28.8. The molecule has 2 fully saturated rings. The van der Waals surface area contributed by atoms with Crippen molar-refractivity contribution in [3.63, 3.8) is 0 Å². The van der Waals surface area contributed by atoms with Gasteiger partial charge in [0.25, 0.3) is 5.91 Å². The number of esters is 1. The highest BCUT2D eigenvalue weighted by molar-refractivity contribution is 5.85. The van der Waals surface area contributed by atoms with E-state index in [-0.39, 0.29) is 37.1 Å². The van der Waals surface area contributed by atoms with Gasteiger partial charge >= 0.3 is 5.97 Å². The van der Waals surface area contributed by atoms with Crippen molar-refractivity contribution in [1.29, 1.82) is 0 Å². The van der Waals surface area contributed by atoms with E-state index in [1.165, 1.54) is 5.56 Å². The normalized spacial score (nSPS) is 20.8. The van der Waals surface area contributed by atoms with Crippen LogP contribution in [0.1, 0.15) is 42.4 Å². The highest BCUT2D eigenvalue weighted by Crippen LogP contribution is 2.34. The molecule has 0 radical (unpaired) electrons. The average Bonchev–Trinajstić information content (AvgIpc) is 2.99. The van der Waals surface area contributed by atoms with Gasteiger partial charge in [0, 0.05) is 24.2 Å². The van der Waals surface area contributed by atoms with E-state index in [1.54, 1.807) is 48.5 Å². The van der Waals surface area contributed by atoms with Crippen molar-refractivity contribution in [2.75, 3.05) is 26.3 Å². The Hall–Kier alpha value is -3.72. The highest BCUT2D eigenvalue weighted by Gasteiger charge is 2.42. The molecule has 1 unspecified atom stereocenters. The molecule has 0 aromatic heterocycles. The number of amides is 1. The summed E-state index contributed by atoms with van der Waals surface area (Å²) in [5.74, 6) is -0.369. The van der Waals surface area contributed by atoms with Crippen molar-refractivity contribution < 1.29 is 24.2 Å². The molecule has 5 rings (SSSR count). The summed E-state index contributed by atoms with van der Waals surface area (Å²) in [6, 6.07) is 26.0. The van der Waals surface area contributed by atoms with Crippen molar-refractivity contribution in [2.45, 2.75) is 49.9 Å². The molecule has 1 amide bonds. The van der Waals surface area contributed by atoms with Gasteiger partial charge in [0.1, 0.15) is 5.75 Å². The largest absolute Gasteiger partial charge is 0.484 e. The molecule has 1 saturated carbocycles. The van der Waals surface area contributed by atoms with Crippen LogP contribution >= 0.6 is 0 Å². The van der Waals surface area contributed by atoms with Crippen LogP contribution in [0.15, 0.2) is 84.9 Å². The van der Waals surface area contributed by atoms with Gasteiger partial charge in [-0.25, -0.2) is 4.79 Å². The third-order valence-corrected chi connectivity index (χ3v) is 8.05. The quantitative estimate of drug-likeness (QED) is 0.310. The fourth-order valence-corrected chi connectivity index (χ4v) is 5.54. The maximum Gasteiger partial charge on any atom is 0.347 e. The van der Waals surface area contributed by atoms with Crippen LogP contribution in [0.4, 0.5) is 0 Å². The number of carbonyl (C=O) groups is 2. The molecular formula is C33H39N3O5. The number of nitrogens with zero attached hydrogens (tertiary/aromatic N) is 1. The van der Waals surface area contributed by atoms with Crippen molar-refractivity contribution in [3.8, 4) is 5.75 Å². The summed E-state index contributed by atoms with van der Waals surface area (Å²) in [6.45, 7) is 2.85. The summed E-state index contributed by atoms with van der Waals surface area (Å²) in [7, 11) is 0. The minimum Gasteiger partial charge on any atom is -0.484 e. The first-order valence-electron chi connectivity index (χ1n) is 14.4. The molecule has 1 aliphatic heterocycles. The zero-order chi connectivity index (χ0) is 28.7. The van der Waals surface area contributed by atoms with Crippen LogP contribution in [0, 0.1) is 5.92 Å². The number of nitrogens with one attached hydrogen (secondary N) is 1. The lowest BCUT2D eigenvalue weighted by Gasteiger charge is -2.33. The van der Waals surface area contributed by atoms with E-state index < -0.39 is 11.6 Å². The maximum absolute atomic E-state index is 13.6. The van der Waals surface area contributed by atoms with E-state index in [1.807, 2.05) is 12.1 Å². The zero-order valence-corrected chi connectivity index (χ0v) is 23.3. The Bertz CT molecular complexity index is 1290. The Morgan fingerprint density at radius 3 is 2.27 bits per heavy atom. The van der Waals surface area contributed by atoms with Gasteiger partial charge in [0.15, 0.2) is 6.61 Å². The SMILES string of the molecule is N[C@H]1C[C@H](NC(=O)COc2cccc(C(O)(C(=O)OCC3CCN(Cc4ccccc4)CC3)c3ccccc3)c2)C1. The van der Waals surface area contributed by atoms with Gasteiger partial charge < -0.3 is 25.6 Å². The number of rotatable bonds is 11. The van der Waals surface area contributed by atoms with Gasteiger partial charge in [0.05, 0.1) is 6.61 Å². The monoisotopic (exact) mass is 557 g/mol. The second-order valence-corrected chi connectivity index (χ2v) is 11.2. The molecule has 216 valence electrons. The number of benzene rings is 3. The Morgan fingerprint density at radius 1 is 0.927 bits per heavy atom. The first-order chi connectivity index (χ1) is 19.9. The summed E-state index contributed by atoms with van der Waals surface area (Å²) in [6.07, 6.45) is 3.37. The minimum atomic E-state index is -2.03. The van der Waals surface area contributed by atoms with Crippen LogP contribution in [0.3, 0.4) is 0 Å². The molecular weight excluding hydrogens is 518 g/mol. The summed E-state index contributed by atoms with van der Waals surface area (Å²) in [4.78, 5) is 28.3. The number of piperidine rings is 1. The smallest absolute Gasteiger partial charge is 0.347 e. The van der Waals surface area contributed by atoms with Gasteiger partial charge in [-0.3, -0.25) is 9.69 Å². The summed E-state index contributed by atoms with van der Waals surface area (Å²) < 4.78 is 11.5. The predicted octanol–water partition coefficient (Wildman–Crippen LogP) is 3.36. The molecule has 3 aromatic carbocycles. The zero-order valence-electron chi connectivity index (χ0n) is 23.3. The average molecular weight is 558 g/mol. The standard InChI is InChI=1S/C33H39N3O5/c34-28-19-29(20-28)35-31(37)23-40-30-13-7-12-27(18-30)33(39,26-10-5-2-6-11-26)32(38)41-22-25-14-16-36(17-15-25)21-24-8-3-1-4-9-24/h1-13,18,25,28-29,39H,14-17,19-23,34H2,(H,35,37)/t28-,29-,33?. The molecule has 1 atom stereocenters. The topological polar surface area (TPSA) is 114 Å². The van der Waals surface area contributed by atoms with E-state index in [9.17, 15) is 14.7 Å². The molecule has 1 heterocycles. The lowest BCUT2D eigenvalue weighted by molar-refractivity contribution is -0.164. The molecule has 8 nitrogen and oxygen atoms in total. The Balaban J connectivity index is 1.20.